The molecule has 244 valence electrons. The number of anilines is 1. The molecule has 47 heavy (non-hydrogen) atoms. The van der Waals surface area contributed by atoms with Crippen molar-refractivity contribution in [2.24, 2.45) is 0 Å². The highest BCUT2D eigenvalue weighted by Crippen LogP contribution is 2.42. The van der Waals surface area contributed by atoms with Gasteiger partial charge in [-0.3, -0.25) is 9.69 Å². The second-order valence-electron chi connectivity index (χ2n) is 14.1. The van der Waals surface area contributed by atoms with Gasteiger partial charge in [0.25, 0.3) is 0 Å². The van der Waals surface area contributed by atoms with E-state index in [2.05, 4.69) is 15.7 Å². The lowest BCUT2D eigenvalue weighted by atomic mass is 9.91. The van der Waals surface area contributed by atoms with Crippen LogP contribution in [0.4, 0.5) is 10.2 Å². The highest BCUT2D eigenvalue weighted by atomic mass is 19.1. The van der Waals surface area contributed by atoms with E-state index in [0.717, 1.165) is 64.5 Å². The number of aromatic nitrogens is 4. The number of rotatable bonds is 7. The molecule has 0 amide bonds. The maximum Gasteiger partial charge on any atom is 0.320 e. The zero-order valence-corrected chi connectivity index (χ0v) is 26.6. The summed E-state index contributed by atoms with van der Waals surface area (Å²) < 4.78 is 23.3. The third kappa shape index (κ3) is 5.00. The molecule has 4 aromatic rings. The van der Waals surface area contributed by atoms with Gasteiger partial charge in [0.15, 0.2) is 17.3 Å². The van der Waals surface area contributed by atoms with Crippen molar-refractivity contribution in [2.75, 3.05) is 37.7 Å². The van der Waals surface area contributed by atoms with E-state index in [0.29, 0.717) is 48.5 Å². The standard InChI is InChI=1S/C36H39FN6O4/c1-3-25-27(37)11-10-22-18-24(44)19-26(28(22)25)30(45)33-38-31-29(43(33)23-8-4-9-23)32(41-15-5-12-35(2,46)20-41)40-34(39-31)47-21-36-13-6-16-42(36)17-7-14-36/h1,10-11,18-19,23,44,46H,4-9,12-17,20-21H2,2H3/t35-/m1/s1. The number of benzene rings is 2. The molecule has 1 aliphatic carbocycles. The van der Waals surface area contributed by atoms with Crippen molar-refractivity contribution in [3.05, 3.63) is 47.0 Å². The maximum atomic E-state index is 14.9. The van der Waals surface area contributed by atoms with Crippen LogP contribution in [0.15, 0.2) is 24.3 Å². The number of aliphatic hydroxyl groups is 1. The zero-order valence-electron chi connectivity index (χ0n) is 26.6. The van der Waals surface area contributed by atoms with Gasteiger partial charge in [0.2, 0.25) is 5.78 Å². The smallest absolute Gasteiger partial charge is 0.320 e. The van der Waals surface area contributed by atoms with Crippen molar-refractivity contribution in [3.63, 3.8) is 0 Å². The topological polar surface area (TPSA) is 117 Å². The summed E-state index contributed by atoms with van der Waals surface area (Å²) in [5, 5.41) is 22.4. The summed E-state index contributed by atoms with van der Waals surface area (Å²) in [4.78, 5) is 33.8. The number of hydrogen-bond donors (Lipinski definition) is 2. The Hall–Kier alpha value is -4.27. The molecule has 11 heteroatoms. The summed E-state index contributed by atoms with van der Waals surface area (Å²) in [6.45, 7) is 5.47. The molecular formula is C36H39FN6O4. The van der Waals surface area contributed by atoms with Crippen LogP contribution in [0.5, 0.6) is 11.8 Å². The molecule has 10 nitrogen and oxygen atoms in total. The molecule has 0 radical (unpaired) electrons. The lowest BCUT2D eigenvalue weighted by Gasteiger charge is -2.38. The summed E-state index contributed by atoms with van der Waals surface area (Å²) in [6.07, 6.45) is 14.3. The molecule has 3 saturated heterocycles. The van der Waals surface area contributed by atoms with Crippen LogP contribution in [0.1, 0.15) is 92.5 Å². The second kappa shape index (κ2) is 11.2. The average molecular weight is 639 g/mol. The first-order valence-electron chi connectivity index (χ1n) is 16.8. The van der Waals surface area contributed by atoms with E-state index < -0.39 is 17.2 Å². The number of nitrogens with zero attached hydrogens (tertiary/aromatic N) is 6. The minimum atomic E-state index is -0.917. The predicted molar refractivity (Wildman–Crippen MR) is 175 cm³/mol. The second-order valence-corrected chi connectivity index (χ2v) is 14.1. The molecule has 2 aromatic heterocycles. The van der Waals surface area contributed by atoms with E-state index in [9.17, 15) is 19.4 Å². The lowest BCUT2D eigenvalue weighted by Crippen LogP contribution is -2.46. The van der Waals surface area contributed by atoms with Crippen molar-refractivity contribution in [2.45, 2.75) is 81.9 Å². The molecular weight excluding hydrogens is 599 g/mol. The van der Waals surface area contributed by atoms with Crippen LogP contribution in [-0.2, 0) is 0 Å². The summed E-state index contributed by atoms with van der Waals surface area (Å²) in [5.74, 6) is 1.84. The Morgan fingerprint density at radius 1 is 1.09 bits per heavy atom. The Bertz CT molecular complexity index is 1950. The average Bonchev–Trinajstić information content (AvgIpc) is 3.71. The van der Waals surface area contributed by atoms with Gasteiger partial charge >= 0.3 is 6.01 Å². The molecule has 3 aliphatic heterocycles. The van der Waals surface area contributed by atoms with Crippen molar-refractivity contribution < 1.29 is 24.1 Å². The molecule has 1 atom stereocenters. The molecule has 4 aliphatic rings. The van der Waals surface area contributed by atoms with E-state index in [4.69, 9.17) is 26.1 Å². The number of aromatic hydroxyl groups is 1. The Kier molecular flexibility index (Phi) is 7.15. The van der Waals surface area contributed by atoms with Gasteiger partial charge in [-0.2, -0.15) is 9.97 Å². The Morgan fingerprint density at radius 2 is 1.85 bits per heavy atom. The van der Waals surface area contributed by atoms with Gasteiger partial charge in [0, 0.05) is 30.1 Å². The number of ketones is 1. The summed E-state index contributed by atoms with van der Waals surface area (Å²) in [5.41, 5.74) is 0.0239. The summed E-state index contributed by atoms with van der Waals surface area (Å²) >= 11 is 0. The molecule has 2 aromatic carbocycles. The molecule has 0 spiro atoms. The number of β-amino-alcohol motifs (C(OH)–C–C–N with tert-alkyl or cyclic N) is 1. The third-order valence-corrected chi connectivity index (χ3v) is 10.8. The van der Waals surface area contributed by atoms with Gasteiger partial charge in [-0.25, -0.2) is 9.37 Å². The Balaban J connectivity index is 1.30. The number of phenols is 1. The molecule has 4 fully saturated rings. The van der Waals surface area contributed by atoms with Crippen LogP contribution in [0.3, 0.4) is 0 Å². The zero-order chi connectivity index (χ0) is 32.5. The van der Waals surface area contributed by atoms with Crippen molar-refractivity contribution in [1.82, 2.24) is 24.4 Å². The lowest BCUT2D eigenvalue weighted by molar-refractivity contribution is 0.0446. The largest absolute Gasteiger partial charge is 0.508 e. The van der Waals surface area contributed by atoms with Crippen molar-refractivity contribution >= 4 is 33.5 Å². The van der Waals surface area contributed by atoms with Gasteiger partial charge in [-0.15, -0.1) is 6.42 Å². The normalized spacial score (nSPS) is 22.8. The number of fused-ring (bicyclic) bond motifs is 3. The van der Waals surface area contributed by atoms with E-state index in [1.54, 1.807) is 0 Å². The number of hydrogen-bond acceptors (Lipinski definition) is 9. The quantitative estimate of drug-likeness (QED) is 0.210. The monoisotopic (exact) mass is 638 g/mol. The number of phenolic OH excluding ortho intramolecular Hbond substituents is 1. The van der Waals surface area contributed by atoms with E-state index in [1.165, 1.54) is 24.3 Å². The van der Waals surface area contributed by atoms with Crippen LogP contribution in [0.25, 0.3) is 21.9 Å². The SMILES string of the molecule is C#Cc1c(F)ccc2cc(O)cc(C(=O)c3nc4nc(OCC56CCCN5CCC6)nc(N5CCC[C@@](C)(O)C5)c4n3C3CCC3)c12. The molecule has 0 bridgehead atoms. The summed E-state index contributed by atoms with van der Waals surface area (Å²) in [7, 11) is 0. The fraction of sp³-hybridized carbons (Fsp3) is 0.500. The first kappa shape index (κ1) is 30.1. The minimum Gasteiger partial charge on any atom is -0.508 e. The molecule has 1 saturated carbocycles. The van der Waals surface area contributed by atoms with Crippen LogP contribution in [-0.4, -0.2) is 84.3 Å². The number of carbonyl (C=O) groups is 1. The van der Waals surface area contributed by atoms with Gasteiger partial charge in [0.1, 0.15) is 23.7 Å². The number of ether oxygens (including phenoxy) is 1. The number of piperidine rings is 1. The van der Waals surface area contributed by atoms with Gasteiger partial charge < -0.3 is 24.4 Å². The van der Waals surface area contributed by atoms with E-state index >= 15 is 0 Å². The Labute approximate surface area is 272 Å². The van der Waals surface area contributed by atoms with Crippen LogP contribution < -0.4 is 9.64 Å². The highest BCUT2D eigenvalue weighted by Gasteiger charge is 2.45. The Morgan fingerprint density at radius 3 is 2.55 bits per heavy atom. The predicted octanol–water partition coefficient (Wildman–Crippen LogP) is 5.12. The van der Waals surface area contributed by atoms with Crippen molar-refractivity contribution in [3.8, 4) is 24.1 Å². The molecule has 2 N–H and O–H groups in total. The number of carbonyl (C=O) groups excluding carboxylic acids is 1. The van der Waals surface area contributed by atoms with E-state index in [1.807, 2.05) is 11.5 Å². The number of imidazole rings is 1. The minimum absolute atomic E-state index is 0.0138. The van der Waals surface area contributed by atoms with Gasteiger partial charge in [0.05, 0.1) is 16.7 Å². The first-order valence-corrected chi connectivity index (χ1v) is 16.8. The molecule has 8 rings (SSSR count). The molecule has 0 unspecified atom stereocenters. The fourth-order valence-electron chi connectivity index (χ4n) is 8.34. The van der Waals surface area contributed by atoms with Gasteiger partial charge in [-0.05, 0) is 101 Å². The summed E-state index contributed by atoms with van der Waals surface area (Å²) in [6, 6.07) is 5.69. The molecule has 5 heterocycles. The highest BCUT2D eigenvalue weighted by molar-refractivity contribution is 6.17. The van der Waals surface area contributed by atoms with Crippen LogP contribution in [0.2, 0.25) is 0 Å². The van der Waals surface area contributed by atoms with Gasteiger partial charge in [-0.1, -0.05) is 12.0 Å². The number of terminal acetylenes is 1. The van der Waals surface area contributed by atoms with Crippen LogP contribution >= 0.6 is 0 Å². The van der Waals surface area contributed by atoms with Crippen molar-refractivity contribution in [1.29, 1.82) is 0 Å². The van der Waals surface area contributed by atoms with Crippen LogP contribution in [0, 0.1) is 18.2 Å². The fourth-order valence-corrected chi connectivity index (χ4v) is 8.34. The first-order chi connectivity index (χ1) is 22.7. The maximum absolute atomic E-state index is 14.9. The third-order valence-electron chi connectivity index (χ3n) is 10.8. The number of halogens is 1. The van der Waals surface area contributed by atoms with E-state index in [-0.39, 0.29) is 45.7 Å².